The minimum absolute atomic E-state index is 0.580. The van der Waals surface area contributed by atoms with E-state index in [1.54, 1.807) is 0 Å². The van der Waals surface area contributed by atoms with E-state index in [0.717, 1.165) is 13.0 Å². The number of hydrogen-bond donors (Lipinski definition) is 0. The Balaban J connectivity index is 2.47. The minimum Gasteiger partial charge on any atom is -0.265 e. The molecule has 0 bridgehead atoms. The molecule has 0 aromatic carbocycles. The van der Waals surface area contributed by atoms with Gasteiger partial charge in [0, 0.05) is 6.54 Å². The summed E-state index contributed by atoms with van der Waals surface area (Å²) in [6, 6.07) is 0. The normalized spacial score (nSPS) is 15.2. The van der Waals surface area contributed by atoms with Crippen LogP contribution in [0.5, 0.6) is 0 Å². The first kappa shape index (κ1) is 7.59. The largest absolute Gasteiger partial charge is 0.265 e. The van der Waals surface area contributed by atoms with Crippen molar-refractivity contribution in [2.45, 2.75) is 32.7 Å². The summed E-state index contributed by atoms with van der Waals surface area (Å²) in [7, 11) is 0. The number of fused-ring (bicyclic) bond motifs is 1. The summed E-state index contributed by atoms with van der Waals surface area (Å²) >= 11 is 0. The molecule has 64 valence electrons. The Morgan fingerprint density at radius 2 is 2.33 bits per heavy atom. The van der Waals surface area contributed by atoms with E-state index in [0.29, 0.717) is 5.92 Å². The van der Waals surface area contributed by atoms with Crippen LogP contribution in [0, 0.1) is 0 Å². The van der Waals surface area contributed by atoms with Crippen LogP contribution in [0.1, 0.15) is 37.4 Å². The smallest absolute Gasteiger partial charge is 0.0641 e. The monoisotopic (exact) mass is 162 g/mol. The van der Waals surface area contributed by atoms with E-state index < -0.39 is 0 Å². The predicted octanol–water partition coefficient (Wildman–Crippen LogP) is 2.42. The lowest BCUT2D eigenvalue weighted by atomic mass is 10.0. The summed E-state index contributed by atoms with van der Waals surface area (Å²) in [4.78, 5) is 0. The van der Waals surface area contributed by atoms with Crippen LogP contribution in [0.4, 0.5) is 0 Å². The lowest BCUT2D eigenvalue weighted by Crippen LogP contribution is -2.05. The van der Waals surface area contributed by atoms with Crippen LogP contribution in [0.2, 0.25) is 0 Å². The van der Waals surface area contributed by atoms with Gasteiger partial charge in [0.15, 0.2) is 0 Å². The molecule has 1 aliphatic heterocycles. The minimum atomic E-state index is 0.580. The van der Waals surface area contributed by atoms with Crippen molar-refractivity contribution in [3.63, 3.8) is 0 Å². The van der Waals surface area contributed by atoms with E-state index in [4.69, 9.17) is 0 Å². The molecule has 0 atom stereocenters. The first-order valence-electron chi connectivity index (χ1n) is 4.51. The standard InChI is InChI=1S/C10H14N2/c1-8(2)9-7-11-12-6-4-3-5-10(9)12/h3,5,7-8H,4,6H2,1-2H3. The predicted molar refractivity (Wildman–Crippen MR) is 50.0 cm³/mol. The first-order valence-corrected chi connectivity index (χ1v) is 4.51. The molecule has 0 amide bonds. The molecular formula is C10H14N2. The van der Waals surface area contributed by atoms with Crippen LogP contribution < -0.4 is 0 Å². The fourth-order valence-corrected chi connectivity index (χ4v) is 1.61. The van der Waals surface area contributed by atoms with Crippen LogP contribution in [0.3, 0.4) is 0 Å². The lowest BCUT2D eigenvalue weighted by molar-refractivity contribution is 0.608. The zero-order valence-corrected chi connectivity index (χ0v) is 7.62. The van der Waals surface area contributed by atoms with Gasteiger partial charge < -0.3 is 0 Å². The molecule has 0 fully saturated rings. The zero-order chi connectivity index (χ0) is 8.55. The third kappa shape index (κ3) is 1.07. The third-order valence-electron chi connectivity index (χ3n) is 2.32. The second-order valence-corrected chi connectivity index (χ2v) is 3.55. The molecule has 12 heavy (non-hydrogen) atoms. The Morgan fingerprint density at radius 1 is 1.50 bits per heavy atom. The summed E-state index contributed by atoms with van der Waals surface area (Å²) in [6.45, 7) is 5.46. The van der Waals surface area contributed by atoms with E-state index in [1.807, 2.05) is 6.20 Å². The molecule has 2 heteroatoms. The molecule has 0 unspecified atom stereocenters. The van der Waals surface area contributed by atoms with Crippen LogP contribution in [-0.2, 0) is 6.54 Å². The van der Waals surface area contributed by atoms with E-state index in [2.05, 4.69) is 35.8 Å². The van der Waals surface area contributed by atoms with Crippen LogP contribution in [-0.4, -0.2) is 9.78 Å². The quantitative estimate of drug-likeness (QED) is 0.620. The van der Waals surface area contributed by atoms with Gasteiger partial charge >= 0.3 is 0 Å². The molecule has 2 rings (SSSR count). The number of allylic oxidation sites excluding steroid dienone is 1. The number of aromatic nitrogens is 2. The van der Waals surface area contributed by atoms with Gasteiger partial charge in [-0.05, 0) is 24.0 Å². The SMILES string of the molecule is CC(C)c1cnn2c1C=CCC2. The van der Waals surface area contributed by atoms with Crippen molar-refractivity contribution in [3.05, 3.63) is 23.5 Å². The second kappa shape index (κ2) is 2.77. The van der Waals surface area contributed by atoms with Crippen molar-refractivity contribution in [1.29, 1.82) is 0 Å². The highest BCUT2D eigenvalue weighted by molar-refractivity contribution is 5.51. The number of aryl methyl sites for hydroxylation is 1. The van der Waals surface area contributed by atoms with Gasteiger partial charge in [0.25, 0.3) is 0 Å². The molecule has 0 N–H and O–H groups in total. The molecule has 0 saturated heterocycles. The van der Waals surface area contributed by atoms with Crippen LogP contribution >= 0.6 is 0 Å². The van der Waals surface area contributed by atoms with Crippen molar-refractivity contribution < 1.29 is 0 Å². The molecule has 1 aromatic rings. The molecule has 0 aliphatic carbocycles. The highest BCUT2D eigenvalue weighted by Gasteiger charge is 2.12. The average molecular weight is 162 g/mol. The van der Waals surface area contributed by atoms with Gasteiger partial charge in [-0.3, -0.25) is 4.68 Å². The maximum atomic E-state index is 4.34. The zero-order valence-electron chi connectivity index (χ0n) is 7.62. The van der Waals surface area contributed by atoms with E-state index in [-0.39, 0.29) is 0 Å². The molecular weight excluding hydrogens is 148 g/mol. The Bertz CT molecular complexity index is 308. The molecule has 0 radical (unpaired) electrons. The maximum absolute atomic E-state index is 4.34. The fourth-order valence-electron chi connectivity index (χ4n) is 1.61. The highest BCUT2D eigenvalue weighted by Crippen LogP contribution is 2.22. The number of rotatable bonds is 1. The summed E-state index contributed by atoms with van der Waals surface area (Å²) in [5.74, 6) is 0.580. The van der Waals surface area contributed by atoms with Gasteiger partial charge in [-0.1, -0.05) is 19.9 Å². The van der Waals surface area contributed by atoms with Crippen molar-refractivity contribution in [1.82, 2.24) is 9.78 Å². The average Bonchev–Trinajstić information content (AvgIpc) is 2.47. The second-order valence-electron chi connectivity index (χ2n) is 3.55. The van der Waals surface area contributed by atoms with Gasteiger partial charge in [-0.15, -0.1) is 0 Å². The molecule has 0 spiro atoms. The number of hydrogen-bond acceptors (Lipinski definition) is 1. The summed E-state index contributed by atoms with van der Waals surface area (Å²) in [5, 5.41) is 4.34. The van der Waals surface area contributed by atoms with Crippen molar-refractivity contribution >= 4 is 6.08 Å². The van der Waals surface area contributed by atoms with Gasteiger partial charge in [0.1, 0.15) is 0 Å². The van der Waals surface area contributed by atoms with E-state index in [1.165, 1.54) is 11.3 Å². The van der Waals surface area contributed by atoms with Crippen LogP contribution in [0.15, 0.2) is 12.3 Å². The van der Waals surface area contributed by atoms with Crippen molar-refractivity contribution in [2.75, 3.05) is 0 Å². The Morgan fingerprint density at radius 3 is 3.08 bits per heavy atom. The van der Waals surface area contributed by atoms with Gasteiger partial charge in [-0.2, -0.15) is 5.10 Å². The highest BCUT2D eigenvalue weighted by atomic mass is 15.3. The molecule has 1 aromatic heterocycles. The summed E-state index contributed by atoms with van der Waals surface area (Å²) in [6.07, 6.45) is 7.52. The van der Waals surface area contributed by atoms with Crippen molar-refractivity contribution in [2.24, 2.45) is 0 Å². The maximum Gasteiger partial charge on any atom is 0.0641 e. The Labute approximate surface area is 72.9 Å². The topological polar surface area (TPSA) is 17.8 Å². The summed E-state index contributed by atoms with van der Waals surface area (Å²) < 4.78 is 2.09. The van der Waals surface area contributed by atoms with Gasteiger partial charge in [0.05, 0.1) is 11.9 Å². The summed E-state index contributed by atoms with van der Waals surface area (Å²) in [5.41, 5.74) is 2.67. The van der Waals surface area contributed by atoms with E-state index >= 15 is 0 Å². The fraction of sp³-hybridized carbons (Fsp3) is 0.500. The molecule has 2 heterocycles. The Hall–Kier alpha value is -1.05. The first-order chi connectivity index (χ1) is 5.79. The van der Waals surface area contributed by atoms with Gasteiger partial charge in [-0.25, -0.2) is 0 Å². The third-order valence-corrected chi connectivity index (χ3v) is 2.32. The molecule has 2 nitrogen and oxygen atoms in total. The Kier molecular flexibility index (Phi) is 1.75. The number of nitrogens with zero attached hydrogens (tertiary/aromatic N) is 2. The molecule has 0 saturated carbocycles. The van der Waals surface area contributed by atoms with Gasteiger partial charge in [0.2, 0.25) is 0 Å². The van der Waals surface area contributed by atoms with Crippen LogP contribution in [0.25, 0.3) is 6.08 Å². The van der Waals surface area contributed by atoms with Crippen molar-refractivity contribution in [3.8, 4) is 0 Å². The molecule has 1 aliphatic rings. The van der Waals surface area contributed by atoms with E-state index in [9.17, 15) is 0 Å². The lowest BCUT2D eigenvalue weighted by Gasteiger charge is -2.10.